The molecule has 24 heavy (non-hydrogen) atoms. The molecule has 0 saturated carbocycles. The molecule has 0 spiro atoms. The molecule has 0 aromatic heterocycles. The summed E-state index contributed by atoms with van der Waals surface area (Å²) in [4.78, 5) is 0. The zero-order chi connectivity index (χ0) is 18.2. The van der Waals surface area contributed by atoms with E-state index in [4.69, 9.17) is 27.6 Å². The molecule has 0 atom stereocenters. The van der Waals surface area contributed by atoms with Gasteiger partial charge in [0.1, 0.15) is 0 Å². The van der Waals surface area contributed by atoms with E-state index >= 15 is 0 Å². The van der Waals surface area contributed by atoms with Gasteiger partial charge < -0.3 is 4.43 Å². The van der Waals surface area contributed by atoms with Crippen molar-refractivity contribution < 1.29 is 26.4 Å². The number of hydrogen-bond acceptors (Lipinski definition) is 1. The van der Waals surface area contributed by atoms with Gasteiger partial charge in [0.15, 0.2) is 23.3 Å². The SMILES string of the molecule is C[Si](C)(OCc1cc(Cl)ccc1Cl)c1c(F)c(F)c(F)c(F)c1F. The molecular formula is C15H11Cl2F5OSi. The molecule has 0 aliphatic rings. The van der Waals surface area contributed by atoms with Crippen LogP contribution in [0.1, 0.15) is 5.56 Å². The minimum absolute atomic E-state index is 0.182. The molecule has 0 aliphatic carbocycles. The van der Waals surface area contributed by atoms with E-state index in [2.05, 4.69) is 0 Å². The summed E-state index contributed by atoms with van der Waals surface area (Å²) in [5.74, 6) is -9.93. The highest BCUT2D eigenvalue weighted by Crippen LogP contribution is 2.24. The van der Waals surface area contributed by atoms with Crippen LogP contribution in [0.4, 0.5) is 22.0 Å². The van der Waals surface area contributed by atoms with Gasteiger partial charge in [-0.2, -0.15) is 0 Å². The molecule has 0 unspecified atom stereocenters. The first-order chi connectivity index (χ1) is 11.1. The van der Waals surface area contributed by atoms with Crippen molar-refractivity contribution in [3.8, 4) is 0 Å². The molecule has 0 saturated heterocycles. The lowest BCUT2D eigenvalue weighted by atomic mass is 10.2. The summed E-state index contributed by atoms with van der Waals surface area (Å²) in [7, 11) is -3.48. The highest BCUT2D eigenvalue weighted by molar-refractivity contribution is 6.84. The molecule has 1 nitrogen and oxygen atoms in total. The van der Waals surface area contributed by atoms with E-state index in [1.54, 1.807) is 6.07 Å². The molecule has 2 rings (SSSR count). The standard InChI is InChI=1S/C15H11Cl2F5OSi/c1-24(2,23-6-7-5-8(16)3-4-9(7)17)15-13(21)11(19)10(18)12(20)14(15)22/h3-5H,6H2,1-2H3. The van der Waals surface area contributed by atoms with Crippen LogP contribution in [0.25, 0.3) is 0 Å². The Morgan fingerprint density at radius 3 is 1.92 bits per heavy atom. The number of benzene rings is 2. The lowest BCUT2D eigenvalue weighted by Gasteiger charge is -2.25. The first-order valence-electron chi connectivity index (χ1n) is 6.66. The minimum atomic E-state index is -3.48. The maximum Gasteiger partial charge on any atom is 0.225 e. The molecule has 0 aliphatic heterocycles. The van der Waals surface area contributed by atoms with Crippen molar-refractivity contribution in [2.45, 2.75) is 19.7 Å². The topological polar surface area (TPSA) is 9.23 Å². The summed E-state index contributed by atoms with van der Waals surface area (Å²) in [5.41, 5.74) is 0.439. The van der Waals surface area contributed by atoms with Crippen LogP contribution in [0.5, 0.6) is 0 Å². The lowest BCUT2D eigenvalue weighted by molar-refractivity contribution is 0.300. The average molecular weight is 401 g/mol. The lowest BCUT2D eigenvalue weighted by Crippen LogP contribution is -2.49. The quantitative estimate of drug-likeness (QED) is 0.292. The third-order valence-corrected chi connectivity index (χ3v) is 6.52. The van der Waals surface area contributed by atoms with E-state index in [1.807, 2.05) is 0 Å². The summed E-state index contributed by atoms with van der Waals surface area (Å²) in [6.45, 7) is 2.46. The second-order valence-corrected chi connectivity index (χ2v) is 10.1. The van der Waals surface area contributed by atoms with Crippen molar-refractivity contribution in [2.24, 2.45) is 0 Å². The Labute approximate surface area is 146 Å². The van der Waals surface area contributed by atoms with Crippen molar-refractivity contribution in [3.63, 3.8) is 0 Å². The third-order valence-electron chi connectivity index (χ3n) is 3.41. The van der Waals surface area contributed by atoms with Gasteiger partial charge in [0.05, 0.1) is 6.61 Å². The smallest absolute Gasteiger partial charge is 0.225 e. The first kappa shape index (κ1) is 19.2. The Morgan fingerprint density at radius 2 is 1.38 bits per heavy atom. The van der Waals surface area contributed by atoms with Crippen LogP contribution < -0.4 is 5.19 Å². The van der Waals surface area contributed by atoms with Crippen molar-refractivity contribution in [2.75, 3.05) is 0 Å². The second kappa shape index (κ2) is 6.99. The monoisotopic (exact) mass is 400 g/mol. The molecule has 0 bridgehead atoms. The van der Waals surface area contributed by atoms with Gasteiger partial charge in [0.2, 0.25) is 14.1 Å². The minimum Gasteiger partial charge on any atom is -0.408 e. The van der Waals surface area contributed by atoms with Crippen LogP contribution in [-0.2, 0) is 11.0 Å². The van der Waals surface area contributed by atoms with Gasteiger partial charge in [-0.25, -0.2) is 22.0 Å². The fourth-order valence-corrected chi connectivity index (χ4v) is 4.42. The molecule has 2 aromatic carbocycles. The van der Waals surface area contributed by atoms with Crippen LogP contribution in [0.3, 0.4) is 0 Å². The van der Waals surface area contributed by atoms with Crippen LogP contribution in [0, 0.1) is 29.1 Å². The molecule has 0 N–H and O–H groups in total. The molecule has 0 amide bonds. The predicted molar refractivity (Wildman–Crippen MR) is 84.6 cm³/mol. The molecular weight excluding hydrogens is 390 g/mol. The summed E-state index contributed by atoms with van der Waals surface area (Å²) < 4.78 is 73.3. The normalized spacial score (nSPS) is 11.9. The Kier molecular flexibility index (Phi) is 5.59. The van der Waals surface area contributed by atoms with Gasteiger partial charge in [-0.3, -0.25) is 0 Å². The molecule has 0 fully saturated rings. The van der Waals surface area contributed by atoms with E-state index in [9.17, 15) is 22.0 Å². The van der Waals surface area contributed by atoms with Gasteiger partial charge >= 0.3 is 0 Å². The van der Waals surface area contributed by atoms with Gasteiger partial charge in [-0.05, 0) is 36.9 Å². The zero-order valence-corrected chi connectivity index (χ0v) is 15.0. The maximum absolute atomic E-state index is 14.0. The van der Waals surface area contributed by atoms with Crippen LogP contribution in [0.15, 0.2) is 18.2 Å². The van der Waals surface area contributed by atoms with Crippen molar-refractivity contribution in [3.05, 3.63) is 62.9 Å². The third kappa shape index (κ3) is 3.59. The maximum atomic E-state index is 14.0. The van der Waals surface area contributed by atoms with E-state index in [1.165, 1.54) is 25.2 Å². The zero-order valence-electron chi connectivity index (χ0n) is 12.5. The largest absolute Gasteiger partial charge is 0.408 e. The van der Waals surface area contributed by atoms with E-state index in [0.717, 1.165) is 0 Å². The number of rotatable bonds is 4. The van der Waals surface area contributed by atoms with Crippen molar-refractivity contribution in [1.82, 2.24) is 0 Å². The summed E-state index contributed by atoms with van der Waals surface area (Å²) in [6.07, 6.45) is 0. The van der Waals surface area contributed by atoms with E-state index < -0.39 is 42.6 Å². The van der Waals surface area contributed by atoms with Gasteiger partial charge in [0, 0.05) is 15.2 Å². The van der Waals surface area contributed by atoms with E-state index in [0.29, 0.717) is 15.6 Å². The second-order valence-electron chi connectivity index (χ2n) is 5.48. The van der Waals surface area contributed by atoms with Crippen LogP contribution in [0.2, 0.25) is 23.1 Å². The van der Waals surface area contributed by atoms with Gasteiger partial charge in [-0.1, -0.05) is 23.2 Å². The van der Waals surface area contributed by atoms with Crippen molar-refractivity contribution >= 4 is 36.7 Å². The van der Waals surface area contributed by atoms with E-state index in [-0.39, 0.29) is 6.61 Å². The number of halogens is 7. The Balaban J connectivity index is 2.39. The summed E-state index contributed by atoms with van der Waals surface area (Å²) in [5, 5.41) is -0.243. The molecule has 0 radical (unpaired) electrons. The predicted octanol–water partition coefficient (Wildman–Crippen LogP) is 5.32. The Hall–Kier alpha value is -1.15. The Bertz CT molecular complexity index is 769. The van der Waals surface area contributed by atoms with Gasteiger partial charge in [-0.15, -0.1) is 0 Å². The van der Waals surface area contributed by atoms with Crippen LogP contribution in [-0.4, -0.2) is 8.32 Å². The summed E-state index contributed by atoms with van der Waals surface area (Å²) in [6, 6.07) is 4.54. The molecule has 9 heteroatoms. The average Bonchev–Trinajstić information content (AvgIpc) is 2.52. The highest BCUT2D eigenvalue weighted by Gasteiger charge is 2.38. The van der Waals surface area contributed by atoms with Gasteiger partial charge in [0.25, 0.3) is 0 Å². The van der Waals surface area contributed by atoms with Crippen LogP contribution >= 0.6 is 23.2 Å². The molecule has 0 heterocycles. The Morgan fingerprint density at radius 1 is 0.875 bits per heavy atom. The fourth-order valence-electron chi connectivity index (χ4n) is 2.12. The number of hydrogen-bond donors (Lipinski definition) is 0. The van der Waals surface area contributed by atoms with Crippen molar-refractivity contribution in [1.29, 1.82) is 0 Å². The highest BCUT2D eigenvalue weighted by atomic mass is 35.5. The molecule has 130 valence electrons. The fraction of sp³-hybridized carbons (Fsp3) is 0.200. The summed E-state index contributed by atoms with van der Waals surface area (Å²) >= 11 is 11.8. The first-order valence-corrected chi connectivity index (χ1v) is 10.3. The molecule has 2 aromatic rings.